The van der Waals surface area contributed by atoms with Gasteiger partial charge in [0.05, 0.1) is 19.6 Å². The standard InChI is InChI=1S/C9H13NO.C4H7ClO/c1-7-5-9(11-2)4-3-8(7)6-10;1-4(2-5)3-6-4/h3-5H,6,10H2,1-2H3;2-3H2,1H3. The highest BCUT2D eigenvalue weighted by molar-refractivity contribution is 6.18. The summed E-state index contributed by atoms with van der Waals surface area (Å²) in [7, 11) is 1.66. The van der Waals surface area contributed by atoms with E-state index in [1.807, 2.05) is 32.0 Å². The number of epoxide rings is 1. The summed E-state index contributed by atoms with van der Waals surface area (Å²) >= 11 is 5.42. The second kappa shape index (κ2) is 6.24. The normalized spacial score (nSPS) is 21.5. The molecule has 1 aromatic carbocycles. The Morgan fingerprint density at radius 1 is 1.53 bits per heavy atom. The number of alkyl halides is 1. The third kappa shape index (κ3) is 4.54. The fourth-order valence-electron chi connectivity index (χ4n) is 1.22. The van der Waals surface area contributed by atoms with Gasteiger partial charge in [-0.05, 0) is 37.1 Å². The van der Waals surface area contributed by atoms with Crippen molar-refractivity contribution in [1.82, 2.24) is 0 Å². The summed E-state index contributed by atoms with van der Waals surface area (Å²) in [4.78, 5) is 0. The van der Waals surface area contributed by atoms with Crippen LogP contribution in [0.1, 0.15) is 18.1 Å². The summed E-state index contributed by atoms with van der Waals surface area (Å²) in [6.07, 6.45) is 0. The molecule has 1 atom stereocenters. The summed E-state index contributed by atoms with van der Waals surface area (Å²) in [5, 5.41) is 0. The summed E-state index contributed by atoms with van der Waals surface area (Å²) in [5.74, 6) is 1.52. The van der Waals surface area contributed by atoms with Crippen molar-refractivity contribution in [3.8, 4) is 5.75 Å². The van der Waals surface area contributed by atoms with E-state index in [1.54, 1.807) is 7.11 Å². The second-order valence-electron chi connectivity index (χ2n) is 4.37. The maximum Gasteiger partial charge on any atom is 0.119 e. The van der Waals surface area contributed by atoms with E-state index in [4.69, 9.17) is 26.8 Å². The van der Waals surface area contributed by atoms with Gasteiger partial charge in [0.25, 0.3) is 0 Å². The molecule has 1 aromatic rings. The number of halogens is 1. The van der Waals surface area contributed by atoms with E-state index in [0.717, 1.165) is 12.4 Å². The Morgan fingerprint density at radius 2 is 2.18 bits per heavy atom. The first-order valence-corrected chi connectivity index (χ1v) is 6.11. The molecule has 0 aliphatic carbocycles. The molecule has 1 saturated heterocycles. The Bertz CT molecular complexity index is 364. The topological polar surface area (TPSA) is 47.8 Å². The van der Waals surface area contributed by atoms with Gasteiger partial charge in [0.15, 0.2) is 0 Å². The minimum absolute atomic E-state index is 0.0571. The van der Waals surface area contributed by atoms with Crippen LogP contribution in [0.2, 0.25) is 0 Å². The van der Waals surface area contributed by atoms with Gasteiger partial charge in [-0.2, -0.15) is 0 Å². The minimum atomic E-state index is 0.0571. The van der Waals surface area contributed by atoms with E-state index in [-0.39, 0.29) is 5.60 Å². The molecule has 2 N–H and O–H groups in total. The van der Waals surface area contributed by atoms with E-state index in [1.165, 1.54) is 11.1 Å². The SMILES string of the molecule is CC1(CCl)CO1.COc1ccc(CN)c(C)c1. The average Bonchev–Trinajstić information content (AvgIpc) is 3.09. The highest BCUT2D eigenvalue weighted by Crippen LogP contribution is 2.26. The van der Waals surface area contributed by atoms with Crippen LogP contribution >= 0.6 is 11.6 Å². The summed E-state index contributed by atoms with van der Waals surface area (Å²) in [6, 6.07) is 5.91. The van der Waals surface area contributed by atoms with Gasteiger partial charge < -0.3 is 15.2 Å². The lowest BCUT2D eigenvalue weighted by Gasteiger charge is -2.04. The van der Waals surface area contributed by atoms with Gasteiger partial charge in [0.1, 0.15) is 11.4 Å². The van der Waals surface area contributed by atoms with Crippen LogP contribution in [0.25, 0.3) is 0 Å². The van der Waals surface area contributed by atoms with Crippen molar-refractivity contribution in [2.45, 2.75) is 26.0 Å². The molecule has 1 unspecified atom stereocenters. The first kappa shape index (κ1) is 14.3. The molecule has 17 heavy (non-hydrogen) atoms. The van der Waals surface area contributed by atoms with Gasteiger partial charge in [0.2, 0.25) is 0 Å². The van der Waals surface area contributed by atoms with Gasteiger partial charge in [-0.25, -0.2) is 0 Å². The van der Waals surface area contributed by atoms with Crippen molar-refractivity contribution in [3.63, 3.8) is 0 Å². The number of methoxy groups -OCH3 is 1. The van der Waals surface area contributed by atoms with Gasteiger partial charge in [0, 0.05) is 6.54 Å². The van der Waals surface area contributed by atoms with Gasteiger partial charge in [-0.1, -0.05) is 6.07 Å². The monoisotopic (exact) mass is 257 g/mol. The largest absolute Gasteiger partial charge is 0.497 e. The molecule has 1 fully saturated rings. The number of hydrogen-bond acceptors (Lipinski definition) is 3. The molecular weight excluding hydrogens is 238 g/mol. The third-order valence-corrected chi connectivity index (χ3v) is 3.25. The molecule has 0 aromatic heterocycles. The van der Waals surface area contributed by atoms with Crippen LogP contribution < -0.4 is 10.5 Å². The van der Waals surface area contributed by atoms with E-state index >= 15 is 0 Å². The summed E-state index contributed by atoms with van der Waals surface area (Å²) < 4.78 is 9.97. The summed E-state index contributed by atoms with van der Waals surface area (Å²) in [5.41, 5.74) is 7.92. The van der Waals surface area contributed by atoms with Crippen LogP contribution in [0, 0.1) is 6.92 Å². The molecule has 0 saturated carbocycles. The Hall–Kier alpha value is -0.770. The quantitative estimate of drug-likeness (QED) is 0.669. The zero-order valence-corrected chi connectivity index (χ0v) is 11.4. The van der Waals surface area contributed by atoms with Crippen molar-refractivity contribution < 1.29 is 9.47 Å². The molecule has 0 radical (unpaired) electrons. The van der Waals surface area contributed by atoms with E-state index in [2.05, 4.69) is 0 Å². The van der Waals surface area contributed by atoms with Crippen LogP contribution in [-0.4, -0.2) is 25.2 Å². The number of hydrogen-bond donors (Lipinski definition) is 1. The molecule has 0 amide bonds. The number of benzene rings is 1. The molecule has 1 heterocycles. The molecule has 0 bridgehead atoms. The number of ether oxygens (including phenoxy) is 2. The molecule has 4 heteroatoms. The molecule has 3 nitrogen and oxygen atoms in total. The van der Waals surface area contributed by atoms with Crippen molar-refractivity contribution in [1.29, 1.82) is 0 Å². The lowest BCUT2D eigenvalue weighted by Crippen LogP contribution is -2.04. The molecule has 2 rings (SSSR count). The Labute approximate surface area is 108 Å². The third-order valence-electron chi connectivity index (χ3n) is 2.69. The van der Waals surface area contributed by atoms with Crippen molar-refractivity contribution in [2.24, 2.45) is 5.73 Å². The number of aryl methyl sites for hydroxylation is 1. The lowest BCUT2D eigenvalue weighted by atomic mass is 10.1. The number of nitrogens with two attached hydrogens (primary N) is 1. The predicted octanol–water partition coefficient (Wildman–Crippen LogP) is 2.48. The molecule has 0 spiro atoms. The molecule has 1 aliphatic rings. The zero-order chi connectivity index (χ0) is 12.9. The highest BCUT2D eigenvalue weighted by Gasteiger charge is 2.37. The minimum Gasteiger partial charge on any atom is -0.497 e. The van der Waals surface area contributed by atoms with Crippen molar-refractivity contribution >= 4 is 11.6 Å². The average molecular weight is 258 g/mol. The Balaban J connectivity index is 0.000000202. The van der Waals surface area contributed by atoms with Crippen LogP contribution in [0.15, 0.2) is 18.2 Å². The predicted molar refractivity (Wildman–Crippen MR) is 70.7 cm³/mol. The number of rotatable bonds is 3. The molecule has 96 valence electrons. The smallest absolute Gasteiger partial charge is 0.119 e. The van der Waals surface area contributed by atoms with Gasteiger partial charge in [-0.15, -0.1) is 11.6 Å². The first-order valence-electron chi connectivity index (χ1n) is 5.58. The van der Waals surface area contributed by atoms with Crippen LogP contribution in [-0.2, 0) is 11.3 Å². The molecular formula is C13H20ClNO2. The zero-order valence-electron chi connectivity index (χ0n) is 10.6. The van der Waals surface area contributed by atoms with E-state index in [9.17, 15) is 0 Å². The Kier molecular flexibility index (Phi) is 5.25. The maximum absolute atomic E-state index is 5.50. The fourth-order valence-corrected chi connectivity index (χ4v) is 1.38. The van der Waals surface area contributed by atoms with Gasteiger partial charge in [-0.3, -0.25) is 0 Å². The maximum atomic E-state index is 5.50. The highest BCUT2D eigenvalue weighted by atomic mass is 35.5. The van der Waals surface area contributed by atoms with Crippen LogP contribution in [0.5, 0.6) is 5.75 Å². The summed E-state index contributed by atoms with van der Waals surface area (Å²) in [6.45, 7) is 5.47. The lowest BCUT2D eigenvalue weighted by molar-refractivity contribution is 0.347. The van der Waals surface area contributed by atoms with E-state index < -0.39 is 0 Å². The second-order valence-corrected chi connectivity index (χ2v) is 4.64. The van der Waals surface area contributed by atoms with Crippen LogP contribution in [0.3, 0.4) is 0 Å². The van der Waals surface area contributed by atoms with Crippen molar-refractivity contribution in [2.75, 3.05) is 19.6 Å². The van der Waals surface area contributed by atoms with Crippen LogP contribution in [0.4, 0.5) is 0 Å². The first-order chi connectivity index (χ1) is 8.04. The Morgan fingerprint density at radius 3 is 2.47 bits per heavy atom. The van der Waals surface area contributed by atoms with Crippen molar-refractivity contribution in [3.05, 3.63) is 29.3 Å². The van der Waals surface area contributed by atoms with Gasteiger partial charge >= 0.3 is 0 Å². The molecule has 1 aliphatic heterocycles. The fraction of sp³-hybridized carbons (Fsp3) is 0.538. The van der Waals surface area contributed by atoms with E-state index in [0.29, 0.717) is 12.4 Å².